The predicted octanol–water partition coefficient (Wildman–Crippen LogP) is 3.48. The molecule has 0 aliphatic heterocycles. The van der Waals surface area contributed by atoms with E-state index in [1.54, 1.807) is 0 Å². The molecule has 0 aromatic carbocycles. The van der Waals surface area contributed by atoms with Gasteiger partial charge in [0.2, 0.25) is 0 Å². The van der Waals surface area contributed by atoms with Crippen LogP contribution in [0.15, 0.2) is 0 Å². The highest BCUT2D eigenvalue weighted by Gasteiger charge is 2.08. The summed E-state index contributed by atoms with van der Waals surface area (Å²) in [6.45, 7) is 2.79. The highest BCUT2D eigenvalue weighted by atomic mass is 31.2. The Hall–Kier alpha value is -0.660. The van der Waals surface area contributed by atoms with Crippen molar-refractivity contribution in [1.29, 1.82) is 0 Å². The molecule has 27 heavy (non-hydrogen) atoms. The summed E-state index contributed by atoms with van der Waals surface area (Å²) in [6, 6.07) is 0. The summed E-state index contributed by atoms with van der Waals surface area (Å²) in [6.07, 6.45) is 12.2. The Kier molecular flexibility index (Phi) is 18.2. The van der Waals surface area contributed by atoms with E-state index in [9.17, 15) is 14.3 Å². The minimum absolute atomic E-state index is 0.0841. The minimum atomic E-state index is -4.30. The molecule has 0 aromatic heterocycles. The number of rotatable bonds is 19. The second-order valence-corrected chi connectivity index (χ2v) is 7.91. The molecule has 0 rings (SSSR count). The Balaban J connectivity index is 3.34. The SMILES string of the molecule is CCCCCCCCCCCCNC(=O)OCCCOP(=O)([O-])OCCN. The number of amides is 1. The van der Waals surface area contributed by atoms with Crippen LogP contribution in [0.4, 0.5) is 4.79 Å². The molecule has 0 aliphatic carbocycles. The molecule has 0 fully saturated rings. The lowest BCUT2D eigenvalue weighted by Crippen LogP contribution is -2.26. The number of alkyl carbamates (subject to hydrolysis) is 1. The van der Waals surface area contributed by atoms with Gasteiger partial charge in [0, 0.05) is 19.5 Å². The van der Waals surface area contributed by atoms with E-state index in [1.165, 1.54) is 51.4 Å². The fourth-order valence-electron chi connectivity index (χ4n) is 2.46. The third-order valence-electron chi connectivity index (χ3n) is 3.94. The number of carbonyl (C=O) groups is 1. The van der Waals surface area contributed by atoms with Crippen LogP contribution < -0.4 is 15.9 Å². The van der Waals surface area contributed by atoms with Gasteiger partial charge < -0.3 is 29.7 Å². The molecule has 1 amide bonds. The predicted molar refractivity (Wildman–Crippen MR) is 104 cm³/mol. The van der Waals surface area contributed by atoms with E-state index in [-0.39, 0.29) is 32.8 Å². The average Bonchev–Trinajstić information content (AvgIpc) is 2.64. The van der Waals surface area contributed by atoms with Gasteiger partial charge in [-0.3, -0.25) is 4.57 Å². The summed E-state index contributed by atoms with van der Waals surface area (Å²) in [4.78, 5) is 22.7. The van der Waals surface area contributed by atoms with Crippen molar-refractivity contribution in [3.8, 4) is 0 Å². The Morgan fingerprint density at radius 3 is 2.04 bits per heavy atom. The zero-order valence-electron chi connectivity index (χ0n) is 16.8. The first-order valence-corrected chi connectivity index (χ1v) is 11.7. The lowest BCUT2D eigenvalue weighted by Gasteiger charge is -2.22. The van der Waals surface area contributed by atoms with Crippen LogP contribution in [0.1, 0.15) is 77.6 Å². The zero-order chi connectivity index (χ0) is 20.2. The van der Waals surface area contributed by atoms with Gasteiger partial charge in [-0.15, -0.1) is 0 Å². The Morgan fingerprint density at radius 1 is 0.889 bits per heavy atom. The number of nitrogens with one attached hydrogen (secondary N) is 1. The number of ether oxygens (including phenoxy) is 1. The van der Waals surface area contributed by atoms with Crippen LogP contribution in [0.5, 0.6) is 0 Å². The van der Waals surface area contributed by atoms with Gasteiger partial charge >= 0.3 is 6.09 Å². The van der Waals surface area contributed by atoms with Crippen molar-refractivity contribution in [3.63, 3.8) is 0 Å². The quantitative estimate of drug-likeness (QED) is 0.247. The highest BCUT2D eigenvalue weighted by molar-refractivity contribution is 7.45. The van der Waals surface area contributed by atoms with Crippen LogP contribution >= 0.6 is 7.82 Å². The van der Waals surface area contributed by atoms with Gasteiger partial charge in [-0.2, -0.15) is 0 Å². The molecule has 3 N–H and O–H groups in total. The van der Waals surface area contributed by atoms with Crippen molar-refractivity contribution in [2.75, 3.05) is 32.9 Å². The molecule has 162 valence electrons. The van der Waals surface area contributed by atoms with Gasteiger partial charge in [0.15, 0.2) is 0 Å². The first-order chi connectivity index (χ1) is 13.0. The number of carbonyl (C=O) groups excluding carboxylic acids is 1. The van der Waals surface area contributed by atoms with Crippen molar-refractivity contribution < 1.29 is 28.0 Å². The van der Waals surface area contributed by atoms with E-state index in [0.29, 0.717) is 6.54 Å². The van der Waals surface area contributed by atoms with E-state index in [0.717, 1.165) is 12.8 Å². The van der Waals surface area contributed by atoms with E-state index in [1.807, 2.05) is 0 Å². The first kappa shape index (κ1) is 26.3. The molecular formula is C18H38N2O6P-. The second-order valence-electron chi connectivity index (χ2n) is 6.50. The third kappa shape index (κ3) is 19.9. The van der Waals surface area contributed by atoms with Crippen molar-refractivity contribution in [3.05, 3.63) is 0 Å². The maximum absolute atomic E-state index is 11.5. The Bertz CT molecular complexity index is 398. The Labute approximate surface area is 164 Å². The third-order valence-corrected chi connectivity index (χ3v) is 4.94. The molecule has 1 atom stereocenters. The molecule has 0 aliphatic rings. The van der Waals surface area contributed by atoms with Gasteiger partial charge in [0.1, 0.15) is 0 Å². The smallest absolute Gasteiger partial charge is 0.407 e. The highest BCUT2D eigenvalue weighted by Crippen LogP contribution is 2.37. The summed E-state index contributed by atoms with van der Waals surface area (Å²) in [5, 5.41) is 2.69. The molecule has 0 bridgehead atoms. The summed E-state index contributed by atoms with van der Waals surface area (Å²) < 4.78 is 25.2. The number of hydrogen-bond acceptors (Lipinski definition) is 7. The maximum atomic E-state index is 11.5. The fourth-order valence-corrected chi connectivity index (χ4v) is 3.21. The average molecular weight is 409 g/mol. The van der Waals surface area contributed by atoms with Gasteiger partial charge in [-0.05, 0) is 6.42 Å². The fraction of sp³-hybridized carbons (Fsp3) is 0.944. The van der Waals surface area contributed by atoms with Crippen LogP contribution in [0.25, 0.3) is 0 Å². The van der Waals surface area contributed by atoms with E-state index in [4.69, 9.17) is 10.5 Å². The number of nitrogens with two attached hydrogens (primary N) is 1. The molecule has 0 heterocycles. The van der Waals surface area contributed by atoms with Gasteiger partial charge in [0.05, 0.1) is 19.8 Å². The normalized spacial score (nSPS) is 13.3. The summed E-state index contributed by atoms with van der Waals surface area (Å²) >= 11 is 0. The number of phosphoric ester groups is 1. The Morgan fingerprint density at radius 2 is 1.44 bits per heavy atom. The standard InChI is InChI=1S/C18H39N2O6P/c1-2-3-4-5-6-7-8-9-10-11-14-20-18(21)24-15-12-16-25-27(22,23)26-17-13-19/h2-17,19H2,1H3,(H,20,21)(H,22,23)/p-1. The van der Waals surface area contributed by atoms with Gasteiger partial charge in [0.25, 0.3) is 7.82 Å². The molecule has 8 nitrogen and oxygen atoms in total. The molecule has 0 spiro atoms. The summed E-state index contributed by atoms with van der Waals surface area (Å²) in [7, 11) is -4.30. The lowest BCUT2D eigenvalue weighted by atomic mass is 10.1. The summed E-state index contributed by atoms with van der Waals surface area (Å²) in [5.74, 6) is 0. The molecule has 1 unspecified atom stereocenters. The number of hydrogen-bond donors (Lipinski definition) is 2. The minimum Gasteiger partial charge on any atom is -0.756 e. The maximum Gasteiger partial charge on any atom is 0.407 e. The molecule has 0 aromatic rings. The van der Waals surface area contributed by atoms with Gasteiger partial charge in [-0.1, -0.05) is 64.7 Å². The second kappa shape index (κ2) is 18.7. The molecule has 0 radical (unpaired) electrons. The monoisotopic (exact) mass is 409 g/mol. The van der Waals surface area contributed by atoms with E-state index < -0.39 is 13.9 Å². The molecule has 9 heteroatoms. The van der Waals surface area contributed by atoms with Crippen LogP contribution in [0, 0.1) is 0 Å². The van der Waals surface area contributed by atoms with E-state index in [2.05, 4.69) is 21.3 Å². The number of phosphoric acid groups is 1. The van der Waals surface area contributed by atoms with Crippen LogP contribution in [-0.2, 0) is 18.3 Å². The largest absolute Gasteiger partial charge is 0.756 e. The molecule has 0 saturated heterocycles. The zero-order valence-corrected chi connectivity index (χ0v) is 17.7. The van der Waals surface area contributed by atoms with Crippen LogP contribution in [-0.4, -0.2) is 39.0 Å². The van der Waals surface area contributed by atoms with Crippen molar-refractivity contribution in [2.24, 2.45) is 5.73 Å². The molecular weight excluding hydrogens is 371 g/mol. The van der Waals surface area contributed by atoms with Crippen LogP contribution in [0.2, 0.25) is 0 Å². The first-order valence-electron chi connectivity index (χ1n) is 10.2. The lowest BCUT2D eigenvalue weighted by molar-refractivity contribution is -0.225. The van der Waals surface area contributed by atoms with Crippen molar-refractivity contribution in [2.45, 2.75) is 77.6 Å². The van der Waals surface area contributed by atoms with Crippen molar-refractivity contribution in [1.82, 2.24) is 5.32 Å². The van der Waals surface area contributed by atoms with Crippen molar-refractivity contribution >= 4 is 13.9 Å². The number of unbranched alkanes of at least 4 members (excludes halogenated alkanes) is 9. The van der Waals surface area contributed by atoms with E-state index >= 15 is 0 Å². The summed E-state index contributed by atoms with van der Waals surface area (Å²) in [5.41, 5.74) is 5.14. The van der Waals surface area contributed by atoms with Gasteiger partial charge in [-0.25, -0.2) is 4.79 Å². The molecule has 0 saturated carbocycles. The van der Waals surface area contributed by atoms with Crippen LogP contribution in [0.3, 0.4) is 0 Å². The topological polar surface area (TPSA) is 123 Å².